The molecule has 25 heavy (non-hydrogen) atoms. The molecule has 138 valence electrons. The summed E-state index contributed by atoms with van der Waals surface area (Å²) < 4.78 is 0. The van der Waals surface area contributed by atoms with E-state index in [9.17, 15) is 0 Å². The van der Waals surface area contributed by atoms with Crippen molar-refractivity contribution in [3.63, 3.8) is 0 Å². The number of nitrogens with zero attached hydrogens (tertiary/aromatic N) is 2. The third kappa shape index (κ3) is 5.77. The lowest BCUT2D eigenvalue weighted by Crippen LogP contribution is -2.49. The number of halogens is 2. The number of rotatable bonds is 6. The monoisotopic (exact) mass is 382 g/mol. The fourth-order valence-corrected chi connectivity index (χ4v) is 3.95. The fourth-order valence-electron chi connectivity index (χ4n) is 3.45. The van der Waals surface area contributed by atoms with Crippen molar-refractivity contribution in [2.24, 2.45) is 4.99 Å². The first-order valence-electron chi connectivity index (χ1n) is 9.31. The van der Waals surface area contributed by atoms with Gasteiger partial charge in [0.25, 0.3) is 0 Å². The maximum atomic E-state index is 6.22. The van der Waals surface area contributed by atoms with Gasteiger partial charge in [0.05, 0.1) is 0 Å². The largest absolute Gasteiger partial charge is 0.356 e. The Balaban J connectivity index is 1.35. The Hall–Kier alpha value is -0.970. The molecule has 1 aliphatic carbocycles. The molecule has 1 aromatic carbocycles. The number of hydrogen-bond acceptors (Lipinski definition) is 2. The number of aliphatic imine (C=N–C) groups is 1. The van der Waals surface area contributed by atoms with Gasteiger partial charge in [-0.15, -0.1) is 0 Å². The van der Waals surface area contributed by atoms with Crippen LogP contribution in [-0.2, 0) is 6.42 Å². The Kier molecular flexibility index (Phi) is 6.85. The molecule has 0 unspecified atom stereocenters. The zero-order valence-electron chi connectivity index (χ0n) is 14.9. The van der Waals surface area contributed by atoms with E-state index < -0.39 is 0 Å². The van der Waals surface area contributed by atoms with Crippen LogP contribution in [0.4, 0.5) is 0 Å². The van der Waals surface area contributed by atoms with Crippen molar-refractivity contribution in [3.05, 3.63) is 33.8 Å². The lowest BCUT2D eigenvalue weighted by Gasteiger charge is -2.33. The van der Waals surface area contributed by atoms with E-state index >= 15 is 0 Å². The smallest absolute Gasteiger partial charge is 0.191 e. The molecule has 0 bridgehead atoms. The van der Waals surface area contributed by atoms with Gasteiger partial charge in [0.2, 0.25) is 0 Å². The molecule has 3 rings (SSSR count). The highest BCUT2D eigenvalue weighted by Crippen LogP contribution is 2.29. The van der Waals surface area contributed by atoms with Crippen LogP contribution in [0.5, 0.6) is 0 Å². The SMILES string of the molecule is CN=C(NCCCc1ccc(Cl)cc1Cl)NC1CCN(C2CC2)CC1. The van der Waals surface area contributed by atoms with Crippen LogP contribution in [0.15, 0.2) is 23.2 Å². The minimum atomic E-state index is 0.534. The van der Waals surface area contributed by atoms with Gasteiger partial charge in [0.15, 0.2) is 5.96 Å². The van der Waals surface area contributed by atoms with Gasteiger partial charge in [0, 0.05) is 48.8 Å². The minimum absolute atomic E-state index is 0.534. The van der Waals surface area contributed by atoms with Gasteiger partial charge in [-0.05, 0) is 56.2 Å². The number of piperidine rings is 1. The topological polar surface area (TPSA) is 39.7 Å². The summed E-state index contributed by atoms with van der Waals surface area (Å²) in [5.74, 6) is 0.909. The first-order valence-corrected chi connectivity index (χ1v) is 10.1. The van der Waals surface area contributed by atoms with Gasteiger partial charge >= 0.3 is 0 Å². The lowest BCUT2D eigenvalue weighted by atomic mass is 10.1. The second kappa shape index (κ2) is 9.11. The molecule has 0 spiro atoms. The molecule has 0 atom stereocenters. The normalized spacial score (nSPS) is 19.9. The molecule has 1 aromatic rings. The van der Waals surface area contributed by atoms with Crippen molar-refractivity contribution in [1.82, 2.24) is 15.5 Å². The Morgan fingerprint density at radius 1 is 1.20 bits per heavy atom. The van der Waals surface area contributed by atoms with Crippen molar-refractivity contribution in [2.75, 3.05) is 26.7 Å². The van der Waals surface area contributed by atoms with Gasteiger partial charge < -0.3 is 15.5 Å². The number of aryl methyl sites for hydroxylation is 1. The zero-order valence-corrected chi connectivity index (χ0v) is 16.4. The van der Waals surface area contributed by atoms with Crippen LogP contribution in [0.25, 0.3) is 0 Å². The number of benzene rings is 1. The Morgan fingerprint density at radius 3 is 2.60 bits per heavy atom. The van der Waals surface area contributed by atoms with Crippen LogP contribution < -0.4 is 10.6 Å². The van der Waals surface area contributed by atoms with Crippen LogP contribution in [-0.4, -0.2) is 49.6 Å². The van der Waals surface area contributed by atoms with Crippen LogP contribution >= 0.6 is 23.2 Å². The highest BCUT2D eigenvalue weighted by molar-refractivity contribution is 6.35. The third-order valence-electron chi connectivity index (χ3n) is 5.09. The highest BCUT2D eigenvalue weighted by Gasteiger charge is 2.31. The molecular formula is C19H28Cl2N4. The molecule has 1 saturated heterocycles. The summed E-state index contributed by atoms with van der Waals surface area (Å²) in [6.07, 6.45) is 7.15. The van der Waals surface area contributed by atoms with Gasteiger partial charge in [-0.25, -0.2) is 0 Å². The maximum absolute atomic E-state index is 6.22. The summed E-state index contributed by atoms with van der Waals surface area (Å²) in [5, 5.41) is 8.42. The number of likely N-dealkylation sites (tertiary alicyclic amines) is 1. The first-order chi connectivity index (χ1) is 12.2. The molecule has 0 amide bonds. The predicted molar refractivity (Wildman–Crippen MR) is 107 cm³/mol. The Bertz CT molecular complexity index is 593. The standard InChI is InChI=1S/C19H28Cl2N4/c1-22-19(24-16-8-11-25(12-9-16)17-6-7-17)23-10-2-3-14-4-5-15(20)13-18(14)21/h4-5,13,16-17H,2-3,6-12H2,1H3,(H2,22,23,24). The number of hydrogen-bond donors (Lipinski definition) is 2. The quantitative estimate of drug-likeness (QED) is 0.447. The molecule has 2 N–H and O–H groups in total. The van der Waals surface area contributed by atoms with E-state index in [1.54, 1.807) is 6.07 Å². The highest BCUT2D eigenvalue weighted by atomic mass is 35.5. The summed E-state index contributed by atoms with van der Waals surface area (Å²) in [6.45, 7) is 3.31. The van der Waals surface area contributed by atoms with Crippen molar-refractivity contribution >= 4 is 29.2 Å². The molecule has 1 heterocycles. The van der Waals surface area contributed by atoms with Gasteiger partial charge in [0.1, 0.15) is 0 Å². The molecule has 0 aromatic heterocycles. The van der Waals surface area contributed by atoms with Crippen molar-refractivity contribution < 1.29 is 0 Å². The van der Waals surface area contributed by atoms with Crippen molar-refractivity contribution in [3.8, 4) is 0 Å². The molecule has 6 heteroatoms. The molecule has 2 aliphatic rings. The van der Waals surface area contributed by atoms with E-state index in [-0.39, 0.29) is 0 Å². The Labute approximate surface area is 161 Å². The van der Waals surface area contributed by atoms with Crippen LogP contribution in [0, 0.1) is 0 Å². The van der Waals surface area contributed by atoms with E-state index in [1.807, 2.05) is 19.2 Å². The van der Waals surface area contributed by atoms with E-state index in [0.717, 1.165) is 42.0 Å². The summed E-state index contributed by atoms with van der Waals surface area (Å²) in [6, 6.07) is 7.13. The number of nitrogens with one attached hydrogen (secondary N) is 2. The Morgan fingerprint density at radius 2 is 1.96 bits per heavy atom. The summed E-state index contributed by atoms with van der Waals surface area (Å²) >= 11 is 12.2. The van der Waals surface area contributed by atoms with Crippen molar-refractivity contribution in [2.45, 2.75) is 50.6 Å². The van der Waals surface area contributed by atoms with Gasteiger partial charge in [-0.1, -0.05) is 29.3 Å². The number of guanidine groups is 1. The maximum Gasteiger partial charge on any atom is 0.191 e. The van der Waals surface area contributed by atoms with Crippen molar-refractivity contribution in [1.29, 1.82) is 0 Å². The van der Waals surface area contributed by atoms with E-state index in [4.69, 9.17) is 23.2 Å². The first kappa shape index (κ1) is 18.8. The molecule has 4 nitrogen and oxygen atoms in total. The summed E-state index contributed by atoms with van der Waals surface area (Å²) in [4.78, 5) is 7.00. The second-order valence-electron chi connectivity index (χ2n) is 7.02. The molecule has 1 aliphatic heterocycles. The van der Waals surface area contributed by atoms with Crippen LogP contribution in [0.3, 0.4) is 0 Å². The average Bonchev–Trinajstić information content (AvgIpc) is 3.45. The minimum Gasteiger partial charge on any atom is -0.356 e. The van der Waals surface area contributed by atoms with Gasteiger partial charge in [-0.2, -0.15) is 0 Å². The van der Waals surface area contributed by atoms with E-state index in [2.05, 4.69) is 20.5 Å². The molecule has 2 fully saturated rings. The molecule has 1 saturated carbocycles. The molecular weight excluding hydrogens is 355 g/mol. The average molecular weight is 383 g/mol. The molecule has 0 radical (unpaired) electrons. The van der Waals surface area contributed by atoms with E-state index in [1.165, 1.54) is 38.8 Å². The van der Waals surface area contributed by atoms with Crippen LogP contribution in [0.1, 0.15) is 37.7 Å². The van der Waals surface area contributed by atoms with E-state index in [0.29, 0.717) is 11.1 Å². The summed E-state index contributed by atoms with van der Waals surface area (Å²) in [7, 11) is 1.84. The predicted octanol–water partition coefficient (Wildman–Crippen LogP) is 3.72. The third-order valence-corrected chi connectivity index (χ3v) is 5.67. The van der Waals surface area contributed by atoms with Crippen LogP contribution in [0.2, 0.25) is 10.0 Å². The fraction of sp³-hybridized carbons (Fsp3) is 0.632. The van der Waals surface area contributed by atoms with Gasteiger partial charge in [-0.3, -0.25) is 4.99 Å². The summed E-state index contributed by atoms with van der Waals surface area (Å²) in [5.41, 5.74) is 1.14. The second-order valence-corrected chi connectivity index (χ2v) is 7.87. The zero-order chi connectivity index (χ0) is 17.6. The lowest BCUT2D eigenvalue weighted by molar-refractivity contribution is 0.197.